The SMILES string of the molecule is C=CC(=O)OCCCCOc1ccc(-c2ccc(C(=O)Oc3ccc(OCCCOC(=O)C(=C)CO)cc3)cc2)cc1. The molecule has 3 rings (SSSR count). The molecule has 9 nitrogen and oxygen atoms in total. The van der Waals surface area contributed by atoms with E-state index in [1.54, 1.807) is 36.4 Å². The molecule has 0 aliphatic carbocycles. The van der Waals surface area contributed by atoms with Crippen molar-refractivity contribution in [2.75, 3.05) is 33.0 Å². The maximum Gasteiger partial charge on any atom is 0.343 e. The normalized spacial score (nSPS) is 10.3. The van der Waals surface area contributed by atoms with Gasteiger partial charge in [0, 0.05) is 12.5 Å². The second-order valence-electron chi connectivity index (χ2n) is 8.99. The molecule has 1 N–H and O–H groups in total. The van der Waals surface area contributed by atoms with Crippen molar-refractivity contribution in [2.24, 2.45) is 0 Å². The molecular weight excluding hydrogens is 540 g/mol. The summed E-state index contributed by atoms with van der Waals surface area (Å²) in [6, 6.07) is 21.4. The lowest BCUT2D eigenvalue weighted by Gasteiger charge is -2.09. The molecular formula is C33H34O9. The summed E-state index contributed by atoms with van der Waals surface area (Å²) in [6.45, 7) is 7.63. The van der Waals surface area contributed by atoms with Crippen LogP contribution in [0.5, 0.6) is 17.2 Å². The van der Waals surface area contributed by atoms with E-state index in [0.717, 1.165) is 29.4 Å². The third-order valence-corrected chi connectivity index (χ3v) is 5.83. The van der Waals surface area contributed by atoms with Crippen LogP contribution in [0, 0.1) is 0 Å². The van der Waals surface area contributed by atoms with Gasteiger partial charge in [0.15, 0.2) is 0 Å². The minimum atomic E-state index is -0.631. The van der Waals surface area contributed by atoms with Crippen molar-refractivity contribution >= 4 is 17.9 Å². The van der Waals surface area contributed by atoms with Crippen LogP contribution in [0.15, 0.2) is 97.6 Å². The molecule has 0 aromatic heterocycles. The number of aliphatic hydroxyl groups excluding tert-OH is 1. The highest BCUT2D eigenvalue weighted by atomic mass is 16.5. The van der Waals surface area contributed by atoms with Gasteiger partial charge in [0.1, 0.15) is 17.2 Å². The first-order valence-electron chi connectivity index (χ1n) is 13.4. The first-order valence-corrected chi connectivity index (χ1v) is 13.4. The van der Waals surface area contributed by atoms with Gasteiger partial charge in [-0.05, 0) is 72.5 Å². The zero-order chi connectivity index (χ0) is 30.2. The largest absolute Gasteiger partial charge is 0.494 e. The van der Waals surface area contributed by atoms with Gasteiger partial charge in [-0.1, -0.05) is 37.4 Å². The number of hydrogen-bond acceptors (Lipinski definition) is 9. The summed E-state index contributed by atoms with van der Waals surface area (Å²) in [5.41, 5.74) is 2.33. The second-order valence-corrected chi connectivity index (χ2v) is 8.99. The van der Waals surface area contributed by atoms with Crippen LogP contribution >= 0.6 is 0 Å². The van der Waals surface area contributed by atoms with Crippen molar-refractivity contribution in [1.82, 2.24) is 0 Å². The maximum atomic E-state index is 12.6. The van der Waals surface area contributed by atoms with Gasteiger partial charge in [-0.15, -0.1) is 0 Å². The Hall–Kier alpha value is -4.89. The number of carbonyl (C=O) groups excluding carboxylic acids is 3. The van der Waals surface area contributed by atoms with Crippen molar-refractivity contribution in [3.05, 3.63) is 103 Å². The third-order valence-electron chi connectivity index (χ3n) is 5.83. The van der Waals surface area contributed by atoms with Crippen LogP contribution in [0.2, 0.25) is 0 Å². The zero-order valence-corrected chi connectivity index (χ0v) is 23.3. The Labute approximate surface area is 244 Å². The molecule has 0 atom stereocenters. The summed E-state index contributed by atoms with van der Waals surface area (Å²) >= 11 is 0. The number of ether oxygens (including phenoxy) is 5. The molecule has 0 saturated carbocycles. The van der Waals surface area contributed by atoms with Crippen LogP contribution in [-0.2, 0) is 19.1 Å². The summed E-state index contributed by atoms with van der Waals surface area (Å²) in [5, 5.41) is 8.84. The molecule has 0 saturated heterocycles. The fraction of sp³-hybridized carbons (Fsp3) is 0.242. The van der Waals surface area contributed by atoms with E-state index >= 15 is 0 Å². The Bertz CT molecular complexity index is 1330. The molecule has 9 heteroatoms. The van der Waals surface area contributed by atoms with Gasteiger partial charge in [0.05, 0.1) is 44.2 Å². The molecule has 3 aromatic rings. The molecule has 0 fully saturated rings. The summed E-state index contributed by atoms with van der Waals surface area (Å²) in [5.74, 6) is 0.158. The number of aliphatic hydroxyl groups is 1. The van der Waals surface area contributed by atoms with Crippen molar-refractivity contribution in [3.8, 4) is 28.4 Å². The van der Waals surface area contributed by atoms with Gasteiger partial charge in [-0.3, -0.25) is 0 Å². The molecule has 0 bridgehead atoms. The van der Waals surface area contributed by atoms with E-state index < -0.39 is 24.5 Å². The van der Waals surface area contributed by atoms with E-state index in [1.807, 2.05) is 36.4 Å². The van der Waals surface area contributed by atoms with Crippen molar-refractivity contribution in [3.63, 3.8) is 0 Å². The molecule has 42 heavy (non-hydrogen) atoms. The van der Waals surface area contributed by atoms with E-state index in [0.29, 0.717) is 49.7 Å². The Balaban J connectivity index is 1.39. The Morgan fingerprint density at radius 2 is 1.17 bits per heavy atom. The number of benzene rings is 3. The summed E-state index contributed by atoms with van der Waals surface area (Å²) in [4.78, 5) is 35.0. The molecule has 220 valence electrons. The van der Waals surface area contributed by atoms with Gasteiger partial charge in [0.25, 0.3) is 0 Å². The molecule has 0 aliphatic rings. The molecule has 0 unspecified atom stereocenters. The molecule has 0 heterocycles. The minimum Gasteiger partial charge on any atom is -0.494 e. The lowest BCUT2D eigenvalue weighted by molar-refractivity contribution is -0.140. The lowest BCUT2D eigenvalue weighted by atomic mass is 10.0. The first kappa shape index (κ1) is 31.6. The van der Waals surface area contributed by atoms with Crippen molar-refractivity contribution in [2.45, 2.75) is 19.3 Å². The fourth-order valence-electron chi connectivity index (χ4n) is 3.52. The quantitative estimate of drug-likeness (QED) is 0.0989. The van der Waals surface area contributed by atoms with Gasteiger partial charge in [0.2, 0.25) is 0 Å². The van der Waals surface area contributed by atoms with E-state index in [4.69, 9.17) is 28.8 Å². The predicted octanol–water partition coefficient (Wildman–Crippen LogP) is 5.32. The first-order chi connectivity index (χ1) is 20.4. The second kappa shape index (κ2) is 17.0. The van der Waals surface area contributed by atoms with E-state index in [9.17, 15) is 14.4 Å². The monoisotopic (exact) mass is 574 g/mol. The van der Waals surface area contributed by atoms with Gasteiger partial charge in [-0.2, -0.15) is 0 Å². The van der Waals surface area contributed by atoms with Gasteiger partial charge < -0.3 is 28.8 Å². The Morgan fingerprint density at radius 1 is 0.667 bits per heavy atom. The van der Waals surface area contributed by atoms with Crippen molar-refractivity contribution in [1.29, 1.82) is 0 Å². The highest BCUT2D eigenvalue weighted by Gasteiger charge is 2.10. The Kier molecular flexibility index (Phi) is 12.8. The smallest absolute Gasteiger partial charge is 0.343 e. The van der Waals surface area contributed by atoms with Crippen LogP contribution in [-0.4, -0.2) is 56.0 Å². The average molecular weight is 575 g/mol. The summed E-state index contributed by atoms with van der Waals surface area (Å²) in [6.07, 6.45) is 3.07. The van der Waals surface area contributed by atoms with Crippen LogP contribution in [0.3, 0.4) is 0 Å². The highest BCUT2D eigenvalue weighted by molar-refractivity contribution is 5.91. The molecule has 0 radical (unpaired) electrons. The van der Waals surface area contributed by atoms with Crippen LogP contribution < -0.4 is 14.2 Å². The number of esters is 3. The molecule has 3 aromatic carbocycles. The van der Waals surface area contributed by atoms with E-state index in [1.165, 1.54) is 0 Å². The maximum absolute atomic E-state index is 12.6. The van der Waals surface area contributed by atoms with Gasteiger partial charge in [-0.25, -0.2) is 14.4 Å². The van der Waals surface area contributed by atoms with E-state index in [2.05, 4.69) is 13.2 Å². The number of carbonyl (C=O) groups is 3. The topological polar surface area (TPSA) is 118 Å². The van der Waals surface area contributed by atoms with Crippen LogP contribution in [0.1, 0.15) is 29.6 Å². The number of rotatable bonds is 17. The standard InChI is InChI=1S/C33H34O9/c1-3-31(35)40-20-5-4-19-38-28-13-11-26(12-14-28)25-7-9-27(10-8-25)33(37)42-30-17-15-29(16-18-30)39-21-6-22-41-32(36)24(2)23-34/h3,7-18,34H,1-2,4-6,19-23H2. The predicted molar refractivity (Wildman–Crippen MR) is 156 cm³/mol. The summed E-state index contributed by atoms with van der Waals surface area (Å²) in [7, 11) is 0. The zero-order valence-electron chi connectivity index (χ0n) is 23.3. The highest BCUT2D eigenvalue weighted by Crippen LogP contribution is 2.24. The molecule has 0 spiro atoms. The van der Waals surface area contributed by atoms with Crippen LogP contribution in [0.25, 0.3) is 11.1 Å². The molecule has 0 aliphatic heterocycles. The van der Waals surface area contributed by atoms with Crippen molar-refractivity contribution < 1.29 is 43.2 Å². The third kappa shape index (κ3) is 10.6. The fourth-order valence-corrected chi connectivity index (χ4v) is 3.52. The number of hydrogen-bond donors (Lipinski definition) is 1. The molecule has 0 amide bonds. The lowest BCUT2D eigenvalue weighted by Crippen LogP contribution is -2.12. The van der Waals surface area contributed by atoms with Crippen LogP contribution in [0.4, 0.5) is 0 Å². The van der Waals surface area contributed by atoms with E-state index in [-0.39, 0.29) is 12.2 Å². The average Bonchev–Trinajstić information content (AvgIpc) is 3.03. The van der Waals surface area contributed by atoms with Gasteiger partial charge >= 0.3 is 17.9 Å². The summed E-state index contributed by atoms with van der Waals surface area (Å²) < 4.78 is 26.7. The number of unbranched alkanes of at least 4 members (excludes halogenated alkanes) is 1. The Morgan fingerprint density at radius 3 is 1.76 bits per heavy atom. The minimum absolute atomic E-state index is 0.00420.